The van der Waals surface area contributed by atoms with Gasteiger partial charge in [-0.2, -0.15) is 0 Å². The first-order chi connectivity index (χ1) is 9.68. The van der Waals surface area contributed by atoms with Crippen molar-refractivity contribution in [3.05, 3.63) is 53.9 Å². The lowest BCUT2D eigenvalue weighted by Gasteiger charge is -2.15. The van der Waals surface area contributed by atoms with Gasteiger partial charge in [0, 0.05) is 13.1 Å². The van der Waals surface area contributed by atoms with Crippen LogP contribution in [-0.4, -0.2) is 33.9 Å². The molecule has 1 aromatic heterocycles. The monoisotopic (exact) mass is 271 g/mol. The molecule has 6 heteroatoms. The van der Waals surface area contributed by atoms with E-state index in [9.17, 15) is 9.59 Å². The zero-order chi connectivity index (χ0) is 14.1. The number of carbonyl (C=O) groups excluding carboxylic acids is 2. The highest BCUT2D eigenvalue weighted by Crippen LogP contribution is 2.30. The van der Waals surface area contributed by atoms with E-state index in [0.29, 0.717) is 5.69 Å². The topological polar surface area (TPSA) is 66.7 Å². The van der Waals surface area contributed by atoms with E-state index in [1.165, 1.54) is 16.1 Å². The summed E-state index contributed by atoms with van der Waals surface area (Å²) in [5.41, 5.74) is 1.35. The first-order valence-corrected chi connectivity index (χ1v) is 6.21. The van der Waals surface area contributed by atoms with E-state index in [1.807, 2.05) is 30.3 Å². The van der Waals surface area contributed by atoms with E-state index >= 15 is 0 Å². The van der Waals surface area contributed by atoms with E-state index in [2.05, 4.69) is 5.16 Å². The van der Waals surface area contributed by atoms with Gasteiger partial charge in [-0.1, -0.05) is 35.5 Å². The van der Waals surface area contributed by atoms with Gasteiger partial charge >= 0.3 is 6.03 Å². The Morgan fingerprint density at radius 3 is 2.60 bits per heavy atom. The number of rotatable bonds is 3. The lowest BCUT2D eigenvalue weighted by Crippen LogP contribution is -2.31. The molecule has 0 N–H and O–H groups in total. The molecule has 0 radical (unpaired) electrons. The third-order valence-corrected chi connectivity index (χ3v) is 3.35. The van der Waals surface area contributed by atoms with Crippen LogP contribution >= 0.6 is 0 Å². The number of imide groups is 1. The fraction of sp³-hybridized carbons (Fsp3) is 0.214. The van der Waals surface area contributed by atoms with E-state index in [1.54, 1.807) is 13.1 Å². The van der Waals surface area contributed by atoms with Crippen LogP contribution in [0.25, 0.3) is 0 Å². The van der Waals surface area contributed by atoms with Crippen LogP contribution in [0.2, 0.25) is 0 Å². The third-order valence-electron chi connectivity index (χ3n) is 3.35. The Morgan fingerprint density at radius 2 is 1.95 bits per heavy atom. The number of aromatic nitrogens is 1. The normalized spacial score (nSPS) is 18.9. The standard InChI is InChI=1S/C14H13N3O3/c1-16-12(10-5-3-2-4-6-10)13(18)17(14(16)19)9-11-7-8-20-15-11/h2-8,12H,9H2,1H3. The van der Waals surface area contributed by atoms with Crippen molar-refractivity contribution in [1.82, 2.24) is 15.0 Å². The molecule has 102 valence electrons. The zero-order valence-electron chi connectivity index (χ0n) is 10.9. The molecule has 0 aliphatic carbocycles. The molecular formula is C14H13N3O3. The highest BCUT2D eigenvalue weighted by atomic mass is 16.5. The van der Waals surface area contributed by atoms with Gasteiger partial charge in [-0.25, -0.2) is 4.79 Å². The predicted molar refractivity (Wildman–Crippen MR) is 69.4 cm³/mol. The number of likely N-dealkylation sites (N-methyl/N-ethyl adjacent to an activating group) is 1. The Kier molecular flexibility index (Phi) is 2.98. The predicted octanol–water partition coefficient (Wildman–Crippen LogP) is 1.81. The molecule has 6 nitrogen and oxygen atoms in total. The Balaban J connectivity index is 1.88. The van der Waals surface area contributed by atoms with Crippen molar-refractivity contribution < 1.29 is 14.1 Å². The van der Waals surface area contributed by atoms with E-state index in [0.717, 1.165) is 5.56 Å². The molecule has 1 unspecified atom stereocenters. The summed E-state index contributed by atoms with van der Waals surface area (Å²) in [5.74, 6) is -0.244. The Hall–Kier alpha value is -2.63. The molecule has 1 fully saturated rings. The number of hydrogen-bond donors (Lipinski definition) is 0. The van der Waals surface area contributed by atoms with Crippen LogP contribution in [0.5, 0.6) is 0 Å². The van der Waals surface area contributed by atoms with Crippen molar-refractivity contribution in [2.45, 2.75) is 12.6 Å². The largest absolute Gasteiger partial charge is 0.364 e. The molecule has 1 aliphatic heterocycles. The minimum Gasteiger partial charge on any atom is -0.364 e. The number of amides is 3. The summed E-state index contributed by atoms with van der Waals surface area (Å²) < 4.78 is 4.72. The molecule has 2 aromatic rings. The first-order valence-electron chi connectivity index (χ1n) is 6.21. The molecule has 0 spiro atoms. The summed E-state index contributed by atoms with van der Waals surface area (Å²) in [6, 6.07) is 9.98. The van der Waals surface area contributed by atoms with Crippen LogP contribution in [0.3, 0.4) is 0 Å². The smallest absolute Gasteiger partial charge is 0.327 e. The number of benzene rings is 1. The molecule has 1 aromatic carbocycles. The van der Waals surface area contributed by atoms with Crippen molar-refractivity contribution in [2.24, 2.45) is 0 Å². The summed E-state index contributed by atoms with van der Waals surface area (Å²) in [6.07, 6.45) is 1.42. The molecule has 2 heterocycles. The summed E-state index contributed by atoms with van der Waals surface area (Å²) >= 11 is 0. The fourth-order valence-corrected chi connectivity index (χ4v) is 2.34. The number of carbonyl (C=O) groups is 2. The van der Waals surface area contributed by atoms with Gasteiger partial charge in [-0.15, -0.1) is 0 Å². The molecule has 3 amide bonds. The molecule has 1 saturated heterocycles. The SMILES string of the molecule is CN1C(=O)N(Cc2ccon2)C(=O)C1c1ccccc1. The van der Waals surface area contributed by atoms with Crippen LogP contribution < -0.4 is 0 Å². The summed E-state index contributed by atoms with van der Waals surface area (Å²) in [6.45, 7) is 0.127. The van der Waals surface area contributed by atoms with Gasteiger partial charge in [0.1, 0.15) is 18.0 Å². The quantitative estimate of drug-likeness (QED) is 0.798. The van der Waals surface area contributed by atoms with Crippen LogP contribution in [0.4, 0.5) is 4.79 Å². The van der Waals surface area contributed by atoms with E-state index in [4.69, 9.17) is 4.52 Å². The highest BCUT2D eigenvalue weighted by Gasteiger charge is 2.43. The van der Waals surface area contributed by atoms with Gasteiger partial charge in [0.25, 0.3) is 5.91 Å². The zero-order valence-corrected chi connectivity index (χ0v) is 10.9. The molecule has 0 saturated carbocycles. The van der Waals surface area contributed by atoms with E-state index < -0.39 is 6.04 Å². The first kappa shape index (κ1) is 12.4. The van der Waals surface area contributed by atoms with Gasteiger partial charge < -0.3 is 9.42 Å². The van der Waals surface area contributed by atoms with Crippen molar-refractivity contribution in [3.8, 4) is 0 Å². The minimum absolute atomic E-state index is 0.127. The van der Waals surface area contributed by atoms with Crippen LogP contribution in [-0.2, 0) is 11.3 Å². The molecule has 1 aliphatic rings. The maximum atomic E-state index is 12.5. The minimum atomic E-state index is -0.574. The average Bonchev–Trinajstić information content (AvgIpc) is 3.04. The summed E-state index contributed by atoms with van der Waals surface area (Å²) in [5, 5.41) is 3.73. The molecule has 0 bridgehead atoms. The molecule has 20 heavy (non-hydrogen) atoms. The molecule has 3 rings (SSSR count). The van der Waals surface area contributed by atoms with E-state index in [-0.39, 0.29) is 18.5 Å². The summed E-state index contributed by atoms with van der Waals surface area (Å²) in [7, 11) is 1.63. The fourth-order valence-electron chi connectivity index (χ4n) is 2.34. The second kappa shape index (κ2) is 4.80. The summed E-state index contributed by atoms with van der Waals surface area (Å²) in [4.78, 5) is 27.3. The van der Waals surface area contributed by atoms with Gasteiger partial charge in [0.2, 0.25) is 0 Å². The Morgan fingerprint density at radius 1 is 1.20 bits per heavy atom. The van der Waals surface area contributed by atoms with Crippen molar-refractivity contribution in [2.75, 3.05) is 7.05 Å². The maximum absolute atomic E-state index is 12.5. The highest BCUT2D eigenvalue weighted by molar-refractivity contribution is 6.04. The van der Waals surface area contributed by atoms with Gasteiger partial charge in [-0.3, -0.25) is 9.69 Å². The average molecular weight is 271 g/mol. The Labute approximate surface area is 115 Å². The van der Waals surface area contributed by atoms with Gasteiger partial charge in [0.15, 0.2) is 0 Å². The van der Waals surface area contributed by atoms with Gasteiger partial charge in [0.05, 0.1) is 6.54 Å². The Bertz CT molecular complexity index is 624. The number of nitrogens with zero attached hydrogens (tertiary/aromatic N) is 3. The molecular weight excluding hydrogens is 258 g/mol. The second-order valence-electron chi connectivity index (χ2n) is 4.62. The second-order valence-corrected chi connectivity index (χ2v) is 4.62. The van der Waals surface area contributed by atoms with Crippen molar-refractivity contribution >= 4 is 11.9 Å². The van der Waals surface area contributed by atoms with Crippen LogP contribution in [0.15, 0.2) is 47.2 Å². The van der Waals surface area contributed by atoms with Crippen LogP contribution in [0, 0.1) is 0 Å². The maximum Gasteiger partial charge on any atom is 0.327 e. The van der Waals surface area contributed by atoms with Crippen molar-refractivity contribution in [3.63, 3.8) is 0 Å². The molecule has 1 atom stereocenters. The van der Waals surface area contributed by atoms with Gasteiger partial charge in [-0.05, 0) is 5.56 Å². The lowest BCUT2D eigenvalue weighted by atomic mass is 10.1. The number of hydrogen-bond acceptors (Lipinski definition) is 4. The lowest BCUT2D eigenvalue weighted by molar-refractivity contribution is -0.128. The third kappa shape index (κ3) is 1.95. The van der Waals surface area contributed by atoms with Crippen LogP contribution in [0.1, 0.15) is 17.3 Å². The number of urea groups is 1. The van der Waals surface area contributed by atoms with Crippen molar-refractivity contribution in [1.29, 1.82) is 0 Å².